The number of aryl methyl sites for hydroxylation is 1. The van der Waals surface area contributed by atoms with Gasteiger partial charge in [-0.05, 0) is 37.6 Å². The van der Waals surface area contributed by atoms with E-state index in [-0.39, 0.29) is 12.3 Å². The van der Waals surface area contributed by atoms with Gasteiger partial charge >= 0.3 is 5.97 Å². The van der Waals surface area contributed by atoms with Crippen molar-refractivity contribution in [3.8, 4) is 10.6 Å². The molecular weight excluding hydrogens is 278 g/mol. The van der Waals surface area contributed by atoms with Gasteiger partial charge in [0.05, 0.1) is 9.75 Å². The normalized spacial score (nSPS) is 10.4. The summed E-state index contributed by atoms with van der Waals surface area (Å²) < 4.78 is 5.50. The van der Waals surface area contributed by atoms with Gasteiger partial charge in [-0.1, -0.05) is 0 Å². The van der Waals surface area contributed by atoms with Crippen LogP contribution in [-0.2, 0) is 4.79 Å². The number of carbonyl (C=O) groups is 2. The summed E-state index contributed by atoms with van der Waals surface area (Å²) in [6, 6.07) is 7.33. The topological polar surface area (TPSA) is 79.5 Å². The zero-order valence-corrected chi connectivity index (χ0v) is 11.8. The summed E-state index contributed by atoms with van der Waals surface area (Å²) in [5.74, 6) is 0.534. The fraction of sp³-hybridized carbons (Fsp3) is 0.286. The lowest BCUT2D eigenvalue weighted by Crippen LogP contribution is -2.23. The fourth-order valence-electron chi connectivity index (χ4n) is 1.69. The Morgan fingerprint density at radius 2 is 2.10 bits per heavy atom. The van der Waals surface area contributed by atoms with Gasteiger partial charge < -0.3 is 14.8 Å². The number of hydrogen-bond acceptors (Lipinski definition) is 4. The van der Waals surface area contributed by atoms with Crippen molar-refractivity contribution >= 4 is 23.2 Å². The van der Waals surface area contributed by atoms with Gasteiger partial charge in [-0.25, -0.2) is 0 Å². The third kappa shape index (κ3) is 3.71. The molecule has 0 radical (unpaired) electrons. The summed E-state index contributed by atoms with van der Waals surface area (Å²) in [6.45, 7) is 2.23. The van der Waals surface area contributed by atoms with Crippen molar-refractivity contribution in [2.45, 2.75) is 19.8 Å². The monoisotopic (exact) mass is 293 g/mol. The standard InChI is InChI=1S/C14H15NO4S/c1-9-4-5-10(19-9)11-6-7-12(20-11)14(18)15-8-2-3-13(16)17/h4-7H,2-3,8H2,1H3,(H,15,18)(H,16,17). The van der Waals surface area contributed by atoms with E-state index in [0.717, 1.165) is 16.4 Å². The van der Waals surface area contributed by atoms with Crippen LogP contribution in [0.5, 0.6) is 0 Å². The van der Waals surface area contributed by atoms with Gasteiger partial charge in [0.25, 0.3) is 5.91 Å². The lowest BCUT2D eigenvalue weighted by Gasteiger charge is -2.01. The highest BCUT2D eigenvalue weighted by atomic mass is 32.1. The Morgan fingerprint density at radius 1 is 1.30 bits per heavy atom. The van der Waals surface area contributed by atoms with Gasteiger partial charge in [-0.2, -0.15) is 0 Å². The van der Waals surface area contributed by atoms with E-state index in [2.05, 4.69) is 5.32 Å². The van der Waals surface area contributed by atoms with E-state index in [1.807, 2.05) is 25.1 Å². The Balaban J connectivity index is 1.91. The molecule has 0 bridgehead atoms. The maximum Gasteiger partial charge on any atom is 0.303 e. The molecule has 0 fully saturated rings. The van der Waals surface area contributed by atoms with Gasteiger partial charge in [0.1, 0.15) is 11.5 Å². The molecule has 0 atom stereocenters. The number of carboxylic acid groups (broad SMARTS) is 1. The van der Waals surface area contributed by atoms with Gasteiger partial charge in [0.2, 0.25) is 0 Å². The maximum atomic E-state index is 11.9. The second-order valence-electron chi connectivity index (χ2n) is 4.33. The molecule has 20 heavy (non-hydrogen) atoms. The Kier molecular flexibility index (Phi) is 4.57. The van der Waals surface area contributed by atoms with Crippen LogP contribution in [0.4, 0.5) is 0 Å². The van der Waals surface area contributed by atoms with Gasteiger partial charge in [0.15, 0.2) is 0 Å². The van der Waals surface area contributed by atoms with Crippen LogP contribution in [0.25, 0.3) is 10.6 Å². The van der Waals surface area contributed by atoms with Crippen molar-refractivity contribution in [1.29, 1.82) is 0 Å². The van der Waals surface area contributed by atoms with E-state index in [9.17, 15) is 9.59 Å². The van der Waals surface area contributed by atoms with E-state index in [0.29, 0.717) is 17.8 Å². The highest BCUT2D eigenvalue weighted by Crippen LogP contribution is 2.29. The summed E-state index contributed by atoms with van der Waals surface area (Å²) in [5.41, 5.74) is 0. The number of hydrogen-bond donors (Lipinski definition) is 2. The number of amides is 1. The Bertz CT molecular complexity index is 614. The molecule has 0 spiro atoms. The number of furan rings is 1. The average Bonchev–Trinajstić information content (AvgIpc) is 3.02. The summed E-state index contributed by atoms with van der Waals surface area (Å²) in [7, 11) is 0. The first-order chi connectivity index (χ1) is 9.56. The van der Waals surface area contributed by atoms with Gasteiger partial charge in [-0.3, -0.25) is 9.59 Å². The lowest BCUT2D eigenvalue weighted by atomic mass is 10.3. The van der Waals surface area contributed by atoms with Crippen molar-refractivity contribution < 1.29 is 19.1 Å². The molecule has 2 rings (SSSR count). The van der Waals surface area contributed by atoms with E-state index < -0.39 is 5.97 Å². The van der Waals surface area contributed by atoms with E-state index in [1.165, 1.54) is 11.3 Å². The van der Waals surface area contributed by atoms with Crippen LogP contribution < -0.4 is 5.32 Å². The number of carbonyl (C=O) groups excluding carboxylic acids is 1. The first kappa shape index (κ1) is 14.3. The number of carboxylic acids is 1. The smallest absolute Gasteiger partial charge is 0.303 e. The van der Waals surface area contributed by atoms with Crippen LogP contribution in [0.15, 0.2) is 28.7 Å². The van der Waals surface area contributed by atoms with E-state index >= 15 is 0 Å². The zero-order chi connectivity index (χ0) is 14.5. The number of thiophene rings is 1. The van der Waals surface area contributed by atoms with E-state index in [1.54, 1.807) is 6.07 Å². The van der Waals surface area contributed by atoms with Crippen LogP contribution >= 0.6 is 11.3 Å². The highest BCUT2D eigenvalue weighted by molar-refractivity contribution is 7.17. The quantitative estimate of drug-likeness (QED) is 0.803. The molecule has 0 saturated carbocycles. The largest absolute Gasteiger partial charge is 0.481 e. The first-order valence-corrected chi connectivity index (χ1v) is 7.04. The van der Waals surface area contributed by atoms with Gasteiger partial charge in [0, 0.05) is 13.0 Å². The highest BCUT2D eigenvalue weighted by Gasteiger charge is 2.11. The van der Waals surface area contributed by atoms with Crippen LogP contribution in [0.3, 0.4) is 0 Å². The van der Waals surface area contributed by atoms with Crippen LogP contribution in [-0.4, -0.2) is 23.5 Å². The molecule has 2 N–H and O–H groups in total. The second kappa shape index (κ2) is 6.38. The first-order valence-electron chi connectivity index (χ1n) is 6.23. The third-order valence-corrected chi connectivity index (χ3v) is 3.76. The summed E-state index contributed by atoms with van der Waals surface area (Å²) in [5, 5.41) is 11.2. The molecule has 0 unspecified atom stereocenters. The molecule has 0 aliphatic heterocycles. The molecule has 2 aromatic heterocycles. The zero-order valence-electron chi connectivity index (χ0n) is 11.0. The van der Waals surface area contributed by atoms with Crippen molar-refractivity contribution in [3.63, 3.8) is 0 Å². The van der Waals surface area contributed by atoms with Crippen molar-refractivity contribution in [1.82, 2.24) is 5.32 Å². The van der Waals surface area contributed by atoms with Gasteiger partial charge in [-0.15, -0.1) is 11.3 Å². The SMILES string of the molecule is Cc1ccc(-c2ccc(C(=O)NCCCC(=O)O)s2)o1. The lowest BCUT2D eigenvalue weighted by molar-refractivity contribution is -0.137. The van der Waals surface area contributed by atoms with Crippen LogP contribution in [0, 0.1) is 6.92 Å². The molecule has 2 heterocycles. The molecule has 5 nitrogen and oxygen atoms in total. The van der Waals surface area contributed by atoms with Crippen molar-refractivity contribution in [2.24, 2.45) is 0 Å². The minimum atomic E-state index is -0.856. The predicted molar refractivity (Wildman–Crippen MR) is 76.0 cm³/mol. The fourth-order valence-corrected chi connectivity index (χ4v) is 2.57. The maximum absolute atomic E-state index is 11.9. The Labute approximate surface area is 120 Å². The molecule has 1 amide bonds. The Morgan fingerprint density at radius 3 is 2.75 bits per heavy atom. The third-order valence-electron chi connectivity index (χ3n) is 2.67. The number of nitrogens with one attached hydrogen (secondary N) is 1. The summed E-state index contributed by atoms with van der Waals surface area (Å²) in [6.07, 6.45) is 0.484. The van der Waals surface area contributed by atoms with Crippen LogP contribution in [0.2, 0.25) is 0 Å². The van der Waals surface area contributed by atoms with Crippen molar-refractivity contribution in [3.05, 3.63) is 34.9 Å². The molecule has 0 saturated heterocycles. The second-order valence-corrected chi connectivity index (χ2v) is 5.41. The summed E-state index contributed by atoms with van der Waals surface area (Å²) in [4.78, 5) is 23.7. The molecule has 0 aromatic carbocycles. The number of rotatable bonds is 6. The molecule has 0 aliphatic rings. The minimum Gasteiger partial charge on any atom is -0.481 e. The molecule has 6 heteroatoms. The molecule has 106 valence electrons. The summed E-state index contributed by atoms with van der Waals surface area (Å²) >= 11 is 1.35. The molecular formula is C14H15NO4S. The van der Waals surface area contributed by atoms with Crippen molar-refractivity contribution in [2.75, 3.05) is 6.54 Å². The average molecular weight is 293 g/mol. The van der Waals surface area contributed by atoms with Crippen LogP contribution in [0.1, 0.15) is 28.3 Å². The van der Waals surface area contributed by atoms with E-state index in [4.69, 9.17) is 9.52 Å². The predicted octanol–water partition coefficient (Wildman–Crippen LogP) is 2.91. The molecule has 2 aromatic rings. The molecule has 0 aliphatic carbocycles. The minimum absolute atomic E-state index is 0.0572. The number of aliphatic carboxylic acids is 1. The Hall–Kier alpha value is -2.08.